The second-order valence-electron chi connectivity index (χ2n) is 4.66. The molecule has 3 aromatic rings. The lowest BCUT2D eigenvalue weighted by Crippen LogP contribution is -1.92. The molecule has 5 heteroatoms. The summed E-state index contributed by atoms with van der Waals surface area (Å²) in [4.78, 5) is 0. The minimum Gasteiger partial charge on any atom is -0.493 e. The number of hydrogen-bond acceptors (Lipinski definition) is 4. The van der Waals surface area contributed by atoms with E-state index in [1.54, 1.807) is 14.2 Å². The number of ether oxygens (including phenoxy) is 2. The summed E-state index contributed by atoms with van der Waals surface area (Å²) in [5.74, 6) is 1.85. The third-order valence-corrected chi connectivity index (χ3v) is 4.23. The molecule has 0 amide bonds. The van der Waals surface area contributed by atoms with Gasteiger partial charge in [-0.3, -0.25) is 0 Å². The van der Waals surface area contributed by atoms with Crippen molar-refractivity contribution in [3.05, 3.63) is 51.4 Å². The lowest BCUT2D eigenvalue weighted by Gasteiger charge is -2.11. The molecule has 0 radical (unpaired) electrons. The van der Waals surface area contributed by atoms with E-state index in [1.165, 1.54) is 0 Å². The van der Waals surface area contributed by atoms with Gasteiger partial charge in [0.1, 0.15) is 5.76 Å². The van der Waals surface area contributed by atoms with Crippen molar-refractivity contribution in [2.45, 2.75) is 0 Å². The molecule has 3 nitrogen and oxygen atoms in total. The molecular formula is C17H13BrO3S. The Morgan fingerprint density at radius 2 is 1.73 bits per heavy atom. The fourth-order valence-electron chi connectivity index (χ4n) is 2.29. The highest BCUT2D eigenvalue weighted by Gasteiger charge is 2.14. The number of hydrogen-bond donors (Lipinski definition) is 0. The quantitative estimate of drug-likeness (QED) is 0.556. The maximum absolute atomic E-state index is 6.05. The van der Waals surface area contributed by atoms with Crippen LogP contribution in [0.1, 0.15) is 0 Å². The Morgan fingerprint density at radius 3 is 2.36 bits per heavy atom. The fraction of sp³-hybridized carbons (Fsp3) is 0.118. The van der Waals surface area contributed by atoms with Gasteiger partial charge < -0.3 is 13.9 Å². The van der Waals surface area contributed by atoms with Crippen LogP contribution in [-0.4, -0.2) is 14.2 Å². The van der Waals surface area contributed by atoms with Crippen molar-refractivity contribution in [2.75, 3.05) is 14.2 Å². The second kappa shape index (κ2) is 6.10. The topological polar surface area (TPSA) is 31.6 Å². The Balaban J connectivity index is 2.30. The molecule has 22 heavy (non-hydrogen) atoms. The van der Waals surface area contributed by atoms with Crippen molar-refractivity contribution < 1.29 is 13.9 Å². The molecular weight excluding hydrogens is 364 g/mol. The fourth-order valence-corrected chi connectivity index (χ4v) is 2.82. The molecule has 0 saturated carbocycles. The minimum atomic E-state index is 0.546. The highest BCUT2D eigenvalue weighted by molar-refractivity contribution is 9.10. The molecule has 0 aliphatic rings. The van der Waals surface area contributed by atoms with Crippen LogP contribution in [0.5, 0.6) is 11.5 Å². The molecule has 0 aliphatic heterocycles. The predicted octanol–water partition coefficient (Wildman–Crippen LogP) is 5.61. The van der Waals surface area contributed by atoms with E-state index in [9.17, 15) is 0 Å². The van der Waals surface area contributed by atoms with E-state index in [0.717, 1.165) is 15.4 Å². The third kappa shape index (κ3) is 2.62. The molecule has 1 aromatic heterocycles. The van der Waals surface area contributed by atoms with E-state index < -0.39 is 0 Å². The van der Waals surface area contributed by atoms with Crippen LogP contribution in [0.15, 0.2) is 51.4 Å². The molecule has 0 fully saturated rings. The Morgan fingerprint density at radius 1 is 1.00 bits per heavy atom. The molecule has 0 atom stereocenters. The molecule has 0 saturated heterocycles. The predicted molar refractivity (Wildman–Crippen MR) is 93.3 cm³/mol. The van der Waals surface area contributed by atoms with Gasteiger partial charge in [-0.05, 0) is 24.3 Å². The van der Waals surface area contributed by atoms with Crippen LogP contribution in [-0.2, 0) is 0 Å². The van der Waals surface area contributed by atoms with Crippen molar-refractivity contribution in [1.82, 2.24) is 0 Å². The number of fused-ring (bicyclic) bond motifs is 1. The zero-order valence-corrected chi connectivity index (χ0v) is 14.5. The van der Waals surface area contributed by atoms with Crippen LogP contribution in [0.2, 0.25) is 0 Å². The van der Waals surface area contributed by atoms with Crippen molar-refractivity contribution in [3.8, 4) is 22.8 Å². The minimum absolute atomic E-state index is 0.546. The van der Waals surface area contributed by atoms with E-state index in [1.807, 2.05) is 42.5 Å². The van der Waals surface area contributed by atoms with E-state index in [2.05, 4.69) is 15.9 Å². The highest BCUT2D eigenvalue weighted by atomic mass is 79.9. The van der Waals surface area contributed by atoms with Crippen LogP contribution in [0, 0.1) is 4.51 Å². The summed E-state index contributed by atoms with van der Waals surface area (Å²) in [5, 5.41) is 0.827. The first-order chi connectivity index (χ1) is 10.6. The summed E-state index contributed by atoms with van der Waals surface area (Å²) < 4.78 is 18.5. The lowest BCUT2D eigenvalue weighted by molar-refractivity contribution is 0.353. The number of rotatable bonds is 3. The molecule has 0 spiro atoms. The first-order valence-corrected chi connectivity index (χ1v) is 7.79. The number of halogens is 1. The van der Waals surface area contributed by atoms with Crippen LogP contribution < -0.4 is 9.47 Å². The summed E-state index contributed by atoms with van der Waals surface area (Å²) in [6.45, 7) is 0. The van der Waals surface area contributed by atoms with Crippen LogP contribution in [0.4, 0.5) is 0 Å². The molecule has 0 N–H and O–H groups in total. The number of benzene rings is 2. The summed E-state index contributed by atoms with van der Waals surface area (Å²) in [5.41, 5.74) is 1.54. The maximum Gasteiger partial charge on any atom is 0.204 e. The summed E-state index contributed by atoms with van der Waals surface area (Å²) in [7, 11) is 3.18. The molecule has 1 heterocycles. The molecule has 0 aliphatic carbocycles. The maximum atomic E-state index is 6.05. The van der Waals surface area contributed by atoms with Gasteiger partial charge in [-0.1, -0.05) is 40.3 Å². The van der Waals surface area contributed by atoms with Crippen molar-refractivity contribution >= 4 is 39.1 Å². The number of methoxy groups -OCH3 is 2. The van der Waals surface area contributed by atoms with Gasteiger partial charge in [-0.2, -0.15) is 0 Å². The van der Waals surface area contributed by atoms with Crippen molar-refractivity contribution in [1.29, 1.82) is 0 Å². The van der Waals surface area contributed by atoms with Gasteiger partial charge in [0.05, 0.1) is 18.7 Å². The Hall–Kier alpha value is -1.85. The SMILES string of the molecule is COc1ccc2c(=S)cc(-c3ccc(Br)cc3)oc2c1OC. The lowest BCUT2D eigenvalue weighted by atomic mass is 10.1. The van der Waals surface area contributed by atoms with Gasteiger partial charge in [-0.15, -0.1) is 0 Å². The summed E-state index contributed by atoms with van der Waals surface area (Å²) >= 11 is 8.91. The Kier molecular flexibility index (Phi) is 4.18. The monoisotopic (exact) mass is 376 g/mol. The highest BCUT2D eigenvalue weighted by Crippen LogP contribution is 2.38. The van der Waals surface area contributed by atoms with Gasteiger partial charge in [0.25, 0.3) is 0 Å². The standard InChI is InChI=1S/C17H13BrO3S/c1-19-13-8-7-12-15(22)9-14(21-16(12)17(13)20-2)10-3-5-11(18)6-4-10/h3-9H,1-2H3. The average Bonchev–Trinajstić information content (AvgIpc) is 2.54. The third-order valence-electron chi connectivity index (χ3n) is 3.37. The summed E-state index contributed by atoms with van der Waals surface area (Å²) in [6, 6.07) is 13.4. The van der Waals surface area contributed by atoms with Crippen molar-refractivity contribution in [3.63, 3.8) is 0 Å². The zero-order valence-electron chi connectivity index (χ0n) is 12.1. The zero-order chi connectivity index (χ0) is 15.7. The normalized spacial score (nSPS) is 10.7. The molecule has 0 unspecified atom stereocenters. The largest absolute Gasteiger partial charge is 0.493 e. The Labute approximate surface area is 141 Å². The molecule has 2 aromatic carbocycles. The Bertz CT molecular complexity index is 885. The van der Waals surface area contributed by atoms with E-state index in [-0.39, 0.29) is 0 Å². The van der Waals surface area contributed by atoms with Crippen LogP contribution in [0.3, 0.4) is 0 Å². The van der Waals surface area contributed by atoms with Crippen molar-refractivity contribution in [2.24, 2.45) is 0 Å². The summed E-state index contributed by atoms with van der Waals surface area (Å²) in [6.07, 6.45) is 0. The van der Waals surface area contributed by atoms with Crippen LogP contribution >= 0.6 is 28.1 Å². The molecule has 3 rings (SSSR count). The smallest absolute Gasteiger partial charge is 0.204 e. The van der Waals surface area contributed by atoms with Crippen LogP contribution in [0.25, 0.3) is 22.3 Å². The average molecular weight is 377 g/mol. The molecule has 0 bridgehead atoms. The molecule has 112 valence electrons. The first-order valence-electron chi connectivity index (χ1n) is 6.59. The van der Waals surface area contributed by atoms with E-state index >= 15 is 0 Å². The van der Waals surface area contributed by atoms with Gasteiger partial charge in [0.15, 0.2) is 11.3 Å². The van der Waals surface area contributed by atoms with Gasteiger partial charge >= 0.3 is 0 Å². The van der Waals surface area contributed by atoms with Gasteiger partial charge in [0.2, 0.25) is 5.75 Å². The van der Waals surface area contributed by atoms with Gasteiger partial charge in [-0.25, -0.2) is 0 Å². The van der Waals surface area contributed by atoms with E-state index in [4.69, 9.17) is 26.1 Å². The first kappa shape index (κ1) is 15.1. The van der Waals surface area contributed by atoms with Gasteiger partial charge in [0, 0.05) is 21.5 Å². The second-order valence-corrected chi connectivity index (χ2v) is 6.02. The van der Waals surface area contributed by atoms with E-state index in [0.29, 0.717) is 27.4 Å².